The smallest absolute Gasteiger partial charge is 0.337 e. The molecule has 0 heterocycles. The van der Waals surface area contributed by atoms with Crippen molar-refractivity contribution in [3.05, 3.63) is 29.3 Å². The first-order valence-corrected chi connectivity index (χ1v) is 6.23. The Balaban J connectivity index is 2.17. The second-order valence-electron chi connectivity index (χ2n) is 4.82. The van der Waals surface area contributed by atoms with Crippen molar-refractivity contribution in [3.8, 4) is 0 Å². The molecule has 0 radical (unpaired) electrons. The summed E-state index contributed by atoms with van der Waals surface area (Å²) in [6.07, 6.45) is 3.97. The molecule has 2 rings (SSSR count). The number of carbonyl (C=O) groups excluding carboxylic acids is 1. The van der Waals surface area contributed by atoms with Crippen LogP contribution < -0.4 is 5.32 Å². The van der Waals surface area contributed by atoms with Gasteiger partial charge in [-0.05, 0) is 31.9 Å². The highest BCUT2D eigenvalue weighted by molar-refractivity contribution is 6.01. The van der Waals surface area contributed by atoms with E-state index >= 15 is 0 Å². The van der Waals surface area contributed by atoms with Gasteiger partial charge < -0.3 is 10.4 Å². The number of aromatic carboxylic acids is 1. The van der Waals surface area contributed by atoms with Crippen LogP contribution in [0, 0.1) is 12.8 Å². The van der Waals surface area contributed by atoms with Crippen molar-refractivity contribution in [2.75, 3.05) is 5.32 Å². The van der Waals surface area contributed by atoms with E-state index in [2.05, 4.69) is 5.32 Å². The molecule has 96 valence electrons. The zero-order valence-corrected chi connectivity index (χ0v) is 10.4. The standard InChI is InChI=1S/C14H17NO3/c1-9-6-7-12(11(8-9)14(17)18)15-13(16)10-4-2-3-5-10/h6-8,10H,2-5H2,1H3,(H,15,16)(H,17,18). The molecule has 1 aromatic carbocycles. The third-order valence-corrected chi connectivity index (χ3v) is 3.39. The number of aryl methyl sites for hydroxylation is 1. The Hall–Kier alpha value is -1.84. The molecule has 0 spiro atoms. The molecule has 0 aromatic heterocycles. The first-order chi connectivity index (χ1) is 8.58. The molecule has 1 aliphatic carbocycles. The van der Waals surface area contributed by atoms with E-state index in [-0.39, 0.29) is 17.4 Å². The Kier molecular flexibility index (Phi) is 3.65. The van der Waals surface area contributed by atoms with Crippen LogP contribution in [0.2, 0.25) is 0 Å². The number of amides is 1. The lowest BCUT2D eigenvalue weighted by molar-refractivity contribution is -0.119. The minimum Gasteiger partial charge on any atom is -0.478 e. The first kappa shape index (κ1) is 12.6. The van der Waals surface area contributed by atoms with Crippen LogP contribution in [0.15, 0.2) is 18.2 Å². The summed E-state index contributed by atoms with van der Waals surface area (Å²) in [4.78, 5) is 23.1. The van der Waals surface area contributed by atoms with Gasteiger partial charge in [-0.25, -0.2) is 4.79 Å². The Bertz CT molecular complexity index is 476. The molecule has 1 amide bonds. The molecule has 4 heteroatoms. The van der Waals surface area contributed by atoms with Gasteiger partial charge in [0.25, 0.3) is 0 Å². The van der Waals surface area contributed by atoms with Crippen molar-refractivity contribution in [1.29, 1.82) is 0 Å². The summed E-state index contributed by atoms with van der Waals surface area (Å²) >= 11 is 0. The fourth-order valence-electron chi connectivity index (χ4n) is 2.37. The summed E-state index contributed by atoms with van der Waals surface area (Å²) in [5, 5.41) is 11.9. The summed E-state index contributed by atoms with van der Waals surface area (Å²) in [5.41, 5.74) is 1.41. The summed E-state index contributed by atoms with van der Waals surface area (Å²) < 4.78 is 0. The van der Waals surface area contributed by atoms with Crippen molar-refractivity contribution in [1.82, 2.24) is 0 Å². The predicted octanol–water partition coefficient (Wildman–Crippen LogP) is 2.82. The summed E-state index contributed by atoms with van der Waals surface area (Å²) in [6.45, 7) is 1.83. The summed E-state index contributed by atoms with van der Waals surface area (Å²) in [7, 11) is 0. The van der Waals surface area contributed by atoms with E-state index < -0.39 is 5.97 Å². The molecule has 0 atom stereocenters. The number of nitrogens with one attached hydrogen (secondary N) is 1. The van der Waals surface area contributed by atoms with Gasteiger partial charge >= 0.3 is 5.97 Å². The van der Waals surface area contributed by atoms with Crippen LogP contribution in [0.25, 0.3) is 0 Å². The van der Waals surface area contributed by atoms with Gasteiger partial charge in [-0.1, -0.05) is 24.5 Å². The van der Waals surface area contributed by atoms with E-state index in [1.807, 2.05) is 6.92 Å². The zero-order valence-electron chi connectivity index (χ0n) is 10.4. The maximum atomic E-state index is 12.0. The van der Waals surface area contributed by atoms with E-state index in [1.54, 1.807) is 18.2 Å². The van der Waals surface area contributed by atoms with Crippen molar-refractivity contribution in [2.24, 2.45) is 5.92 Å². The van der Waals surface area contributed by atoms with Gasteiger partial charge in [0.2, 0.25) is 5.91 Å². The van der Waals surface area contributed by atoms with Crippen LogP contribution in [-0.4, -0.2) is 17.0 Å². The van der Waals surface area contributed by atoms with E-state index in [4.69, 9.17) is 5.11 Å². The van der Waals surface area contributed by atoms with E-state index in [0.717, 1.165) is 31.2 Å². The minimum absolute atomic E-state index is 0.0351. The lowest BCUT2D eigenvalue weighted by Gasteiger charge is -2.12. The molecule has 0 bridgehead atoms. The number of carboxylic acids is 1. The van der Waals surface area contributed by atoms with Crippen molar-refractivity contribution in [3.63, 3.8) is 0 Å². The maximum Gasteiger partial charge on any atom is 0.337 e. The molecule has 1 aromatic rings. The fraction of sp³-hybridized carbons (Fsp3) is 0.429. The predicted molar refractivity (Wildman–Crippen MR) is 68.7 cm³/mol. The molecular weight excluding hydrogens is 230 g/mol. The largest absolute Gasteiger partial charge is 0.478 e. The molecule has 1 fully saturated rings. The van der Waals surface area contributed by atoms with Gasteiger partial charge in [0.15, 0.2) is 0 Å². The lowest BCUT2D eigenvalue weighted by Crippen LogP contribution is -2.21. The van der Waals surface area contributed by atoms with Crippen LogP contribution in [0.1, 0.15) is 41.6 Å². The molecule has 1 aliphatic rings. The van der Waals surface area contributed by atoms with Crippen molar-refractivity contribution < 1.29 is 14.7 Å². The molecule has 0 unspecified atom stereocenters. The quantitative estimate of drug-likeness (QED) is 0.863. The van der Waals surface area contributed by atoms with Gasteiger partial charge in [0, 0.05) is 5.92 Å². The number of hydrogen-bond donors (Lipinski definition) is 2. The van der Waals surface area contributed by atoms with E-state index in [0.29, 0.717) is 5.69 Å². The monoisotopic (exact) mass is 247 g/mol. The number of carboxylic acid groups (broad SMARTS) is 1. The van der Waals surface area contributed by atoms with Gasteiger partial charge in [-0.2, -0.15) is 0 Å². The van der Waals surface area contributed by atoms with Crippen LogP contribution in [-0.2, 0) is 4.79 Å². The Morgan fingerprint density at radius 1 is 1.28 bits per heavy atom. The highest BCUT2D eigenvalue weighted by Crippen LogP contribution is 2.27. The van der Waals surface area contributed by atoms with Gasteiger partial charge in [0.05, 0.1) is 11.3 Å². The lowest BCUT2D eigenvalue weighted by atomic mass is 10.1. The molecule has 0 aliphatic heterocycles. The topological polar surface area (TPSA) is 66.4 Å². The van der Waals surface area contributed by atoms with Gasteiger partial charge in [-0.15, -0.1) is 0 Å². The zero-order chi connectivity index (χ0) is 13.1. The number of hydrogen-bond acceptors (Lipinski definition) is 2. The highest BCUT2D eigenvalue weighted by atomic mass is 16.4. The number of carbonyl (C=O) groups is 2. The van der Waals surface area contributed by atoms with E-state index in [1.165, 1.54) is 0 Å². The number of anilines is 1. The minimum atomic E-state index is -1.01. The number of rotatable bonds is 3. The van der Waals surface area contributed by atoms with Crippen LogP contribution in [0.3, 0.4) is 0 Å². The van der Waals surface area contributed by atoms with Gasteiger partial charge in [-0.3, -0.25) is 4.79 Å². The Morgan fingerprint density at radius 3 is 2.56 bits per heavy atom. The van der Waals surface area contributed by atoms with E-state index in [9.17, 15) is 9.59 Å². The third-order valence-electron chi connectivity index (χ3n) is 3.39. The Morgan fingerprint density at radius 2 is 1.94 bits per heavy atom. The van der Waals surface area contributed by atoms with Crippen LogP contribution in [0.5, 0.6) is 0 Å². The van der Waals surface area contributed by atoms with Crippen LogP contribution in [0.4, 0.5) is 5.69 Å². The number of benzene rings is 1. The summed E-state index contributed by atoms with van der Waals surface area (Å²) in [5.74, 6) is -1.03. The molecule has 2 N–H and O–H groups in total. The molecule has 18 heavy (non-hydrogen) atoms. The second kappa shape index (κ2) is 5.21. The SMILES string of the molecule is Cc1ccc(NC(=O)C2CCCC2)c(C(=O)O)c1. The van der Waals surface area contributed by atoms with Gasteiger partial charge in [0.1, 0.15) is 0 Å². The maximum absolute atomic E-state index is 12.0. The average molecular weight is 247 g/mol. The van der Waals surface area contributed by atoms with Crippen LogP contribution >= 0.6 is 0 Å². The third kappa shape index (κ3) is 2.70. The Labute approximate surface area is 106 Å². The molecule has 1 saturated carbocycles. The fourth-order valence-corrected chi connectivity index (χ4v) is 2.37. The average Bonchev–Trinajstić information content (AvgIpc) is 2.84. The van der Waals surface area contributed by atoms with Crippen molar-refractivity contribution in [2.45, 2.75) is 32.6 Å². The normalized spacial score (nSPS) is 15.6. The first-order valence-electron chi connectivity index (χ1n) is 6.23. The highest BCUT2D eigenvalue weighted by Gasteiger charge is 2.23. The molecular formula is C14H17NO3. The molecule has 4 nitrogen and oxygen atoms in total. The molecule has 0 saturated heterocycles. The second-order valence-corrected chi connectivity index (χ2v) is 4.82. The van der Waals surface area contributed by atoms with Crippen molar-refractivity contribution >= 4 is 17.6 Å². The summed E-state index contributed by atoms with van der Waals surface area (Å²) in [6, 6.07) is 5.04.